The van der Waals surface area contributed by atoms with Gasteiger partial charge in [0.05, 0.1) is 18.8 Å². The standard InChI is InChI=1S/C22H35N5OS/c1-5-23-22(25-16-18(26(2)3)19-10-7-13-28-19)24-15-17-9-6-12-27(4)21(17)20-11-8-14-29-20/h7-8,10-11,13-14,17-18,21H,5-6,9,12,15-16H2,1-4H3,(H2,23,24,25). The van der Waals surface area contributed by atoms with Crippen LogP contribution in [0, 0.1) is 5.92 Å². The van der Waals surface area contributed by atoms with E-state index < -0.39 is 0 Å². The van der Waals surface area contributed by atoms with E-state index in [1.54, 1.807) is 6.26 Å². The van der Waals surface area contributed by atoms with Gasteiger partial charge in [-0.3, -0.25) is 14.8 Å². The average molecular weight is 418 g/mol. The SMILES string of the molecule is CCNC(=NCC(c1ccco1)N(C)C)NCC1CCCN(C)C1c1cccs1. The molecule has 2 aromatic rings. The molecule has 29 heavy (non-hydrogen) atoms. The summed E-state index contributed by atoms with van der Waals surface area (Å²) in [7, 11) is 6.37. The van der Waals surface area contributed by atoms with Crippen molar-refractivity contribution in [2.75, 3.05) is 47.3 Å². The van der Waals surface area contributed by atoms with E-state index in [0.717, 1.165) is 24.8 Å². The summed E-state index contributed by atoms with van der Waals surface area (Å²) in [6.45, 7) is 5.69. The van der Waals surface area contributed by atoms with Gasteiger partial charge < -0.3 is 15.1 Å². The molecule has 2 N–H and O–H groups in total. The third-order valence-corrected chi connectivity index (χ3v) is 6.58. The van der Waals surface area contributed by atoms with E-state index in [-0.39, 0.29) is 6.04 Å². The van der Waals surface area contributed by atoms with Crippen molar-refractivity contribution in [3.63, 3.8) is 0 Å². The number of hydrogen-bond acceptors (Lipinski definition) is 5. The number of nitrogens with one attached hydrogen (secondary N) is 2. The average Bonchev–Trinajstić information content (AvgIpc) is 3.40. The molecule has 3 rings (SSSR count). The van der Waals surface area contributed by atoms with Crippen LogP contribution in [0.4, 0.5) is 0 Å². The fraction of sp³-hybridized carbons (Fsp3) is 0.591. The molecular weight excluding hydrogens is 382 g/mol. The molecule has 2 aromatic heterocycles. The lowest BCUT2D eigenvalue weighted by Crippen LogP contribution is -2.45. The molecule has 0 spiro atoms. The van der Waals surface area contributed by atoms with Gasteiger partial charge in [0, 0.05) is 24.0 Å². The van der Waals surface area contributed by atoms with Crippen LogP contribution in [-0.2, 0) is 0 Å². The fourth-order valence-electron chi connectivity index (χ4n) is 4.12. The van der Waals surface area contributed by atoms with Crippen LogP contribution in [0.1, 0.15) is 42.5 Å². The molecule has 0 amide bonds. The molecule has 0 saturated carbocycles. The number of guanidine groups is 1. The van der Waals surface area contributed by atoms with Gasteiger partial charge in [-0.1, -0.05) is 6.07 Å². The largest absolute Gasteiger partial charge is 0.468 e. The summed E-state index contributed by atoms with van der Waals surface area (Å²) < 4.78 is 5.62. The predicted octanol–water partition coefficient (Wildman–Crippen LogP) is 3.58. The molecule has 7 heteroatoms. The van der Waals surface area contributed by atoms with Crippen molar-refractivity contribution < 1.29 is 4.42 Å². The Balaban J connectivity index is 1.65. The third-order valence-electron chi connectivity index (χ3n) is 5.64. The van der Waals surface area contributed by atoms with Gasteiger partial charge in [0.25, 0.3) is 0 Å². The number of hydrogen-bond donors (Lipinski definition) is 2. The smallest absolute Gasteiger partial charge is 0.191 e. The molecule has 0 bridgehead atoms. The number of nitrogens with zero attached hydrogens (tertiary/aromatic N) is 3. The number of furan rings is 1. The molecule has 0 aromatic carbocycles. The van der Waals surface area contributed by atoms with Gasteiger partial charge in [-0.2, -0.15) is 0 Å². The van der Waals surface area contributed by atoms with E-state index >= 15 is 0 Å². The molecular formula is C22H35N5OS. The normalized spacial score (nSPS) is 22.0. The van der Waals surface area contributed by atoms with E-state index in [9.17, 15) is 0 Å². The maximum atomic E-state index is 5.62. The number of likely N-dealkylation sites (tertiary alicyclic amines) is 1. The van der Waals surface area contributed by atoms with Crippen molar-refractivity contribution >= 4 is 17.3 Å². The first-order valence-electron chi connectivity index (χ1n) is 10.6. The first-order valence-corrected chi connectivity index (χ1v) is 11.4. The zero-order valence-corrected chi connectivity index (χ0v) is 18.9. The number of rotatable bonds is 8. The first kappa shape index (κ1) is 21.9. The lowest BCUT2D eigenvalue weighted by Gasteiger charge is -2.39. The molecule has 1 saturated heterocycles. The zero-order valence-electron chi connectivity index (χ0n) is 18.1. The lowest BCUT2D eigenvalue weighted by molar-refractivity contribution is 0.125. The molecule has 3 heterocycles. The van der Waals surface area contributed by atoms with E-state index in [0.29, 0.717) is 18.5 Å². The highest BCUT2D eigenvalue weighted by atomic mass is 32.1. The van der Waals surface area contributed by atoms with Gasteiger partial charge in [-0.15, -0.1) is 11.3 Å². The Hall–Kier alpha value is -1.83. The Bertz CT molecular complexity index is 728. The second kappa shape index (κ2) is 10.8. The van der Waals surface area contributed by atoms with Crippen LogP contribution in [0.15, 0.2) is 45.3 Å². The minimum absolute atomic E-state index is 0.125. The van der Waals surface area contributed by atoms with Crippen molar-refractivity contribution in [3.8, 4) is 0 Å². The van der Waals surface area contributed by atoms with Crippen LogP contribution in [-0.4, -0.2) is 63.1 Å². The minimum atomic E-state index is 0.125. The topological polar surface area (TPSA) is 56.0 Å². The summed E-state index contributed by atoms with van der Waals surface area (Å²) in [6, 6.07) is 8.99. The van der Waals surface area contributed by atoms with Gasteiger partial charge in [-0.05, 0) is 77.0 Å². The summed E-state index contributed by atoms with van der Waals surface area (Å²) in [5.41, 5.74) is 0. The van der Waals surface area contributed by atoms with Crippen LogP contribution >= 0.6 is 11.3 Å². The summed E-state index contributed by atoms with van der Waals surface area (Å²) in [4.78, 5) is 11.0. The van der Waals surface area contributed by atoms with E-state index in [1.165, 1.54) is 24.3 Å². The fourth-order valence-corrected chi connectivity index (χ4v) is 5.10. The number of piperidine rings is 1. The zero-order chi connectivity index (χ0) is 20.6. The van der Waals surface area contributed by atoms with Crippen molar-refractivity contribution in [2.24, 2.45) is 10.9 Å². The van der Waals surface area contributed by atoms with Crippen molar-refractivity contribution in [1.29, 1.82) is 0 Å². The lowest BCUT2D eigenvalue weighted by atomic mass is 9.88. The van der Waals surface area contributed by atoms with E-state index in [1.807, 2.05) is 23.5 Å². The molecule has 0 aliphatic carbocycles. The maximum absolute atomic E-state index is 5.62. The van der Waals surface area contributed by atoms with Crippen LogP contribution in [0.25, 0.3) is 0 Å². The maximum Gasteiger partial charge on any atom is 0.191 e. The highest BCUT2D eigenvalue weighted by Gasteiger charge is 2.31. The second-order valence-corrected chi connectivity index (χ2v) is 8.92. The van der Waals surface area contributed by atoms with Crippen molar-refractivity contribution in [2.45, 2.75) is 31.8 Å². The van der Waals surface area contributed by atoms with Gasteiger partial charge >= 0.3 is 0 Å². The van der Waals surface area contributed by atoms with Crippen molar-refractivity contribution in [3.05, 3.63) is 46.5 Å². The molecule has 160 valence electrons. The van der Waals surface area contributed by atoms with Gasteiger partial charge in [0.2, 0.25) is 0 Å². The van der Waals surface area contributed by atoms with Crippen LogP contribution in [0.2, 0.25) is 0 Å². The molecule has 3 atom stereocenters. The highest BCUT2D eigenvalue weighted by molar-refractivity contribution is 7.10. The quantitative estimate of drug-likeness (QED) is 0.508. The minimum Gasteiger partial charge on any atom is -0.468 e. The van der Waals surface area contributed by atoms with Gasteiger partial charge in [0.1, 0.15) is 5.76 Å². The summed E-state index contributed by atoms with van der Waals surface area (Å²) in [5.74, 6) is 2.40. The summed E-state index contributed by atoms with van der Waals surface area (Å²) >= 11 is 1.87. The van der Waals surface area contributed by atoms with E-state index in [4.69, 9.17) is 9.41 Å². The Morgan fingerprint density at radius 3 is 2.86 bits per heavy atom. The van der Waals surface area contributed by atoms with Crippen LogP contribution in [0.3, 0.4) is 0 Å². The molecule has 0 radical (unpaired) electrons. The molecule has 1 aliphatic rings. The monoisotopic (exact) mass is 417 g/mol. The Morgan fingerprint density at radius 2 is 2.21 bits per heavy atom. The number of likely N-dealkylation sites (N-methyl/N-ethyl adjacent to an activating group) is 1. The molecule has 3 unspecified atom stereocenters. The Kier molecular flexibility index (Phi) is 8.15. The Labute approximate surface area is 179 Å². The summed E-state index contributed by atoms with van der Waals surface area (Å²) in [6.07, 6.45) is 4.22. The predicted molar refractivity (Wildman–Crippen MR) is 122 cm³/mol. The molecule has 6 nitrogen and oxygen atoms in total. The first-order chi connectivity index (χ1) is 14.1. The molecule has 1 aliphatic heterocycles. The molecule has 1 fully saturated rings. The van der Waals surface area contributed by atoms with E-state index in [2.05, 4.69) is 66.0 Å². The number of thiophene rings is 1. The second-order valence-electron chi connectivity index (χ2n) is 7.94. The van der Waals surface area contributed by atoms with Gasteiger partial charge in [0.15, 0.2) is 5.96 Å². The van der Waals surface area contributed by atoms with Gasteiger partial charge in [-0.25, -0.2) is 0 Å². The Morgan fingerprint density at radius 1 is 1.34 bits per heavy atom. The summed E-state index contributed by atoms with van der Waals surface area (Å²) in [5, 5.41) is 9.20. The van der Waals surface area contributed by atoms with Crippen molar-refractivity contribution in [1.82, 2.24) is 20.4 Å². The highest BCUT2D eigenvalue weighted by Crippen LogP contribution is 2.36. The third kappa shape index (κ3) is 5.84. The van der Waals surface area contributed by atoms with Crippen LogP contribution < -0.4 is 10.6 Å². The number of aliphatic imine (C=N–C) groups is 1. The van der Waals surface area contributed by atoms with Crippen LogP contribution in [0.5, 0.6) is 0 Å².